The van der Waals surface area contributed by atoms with Gasteiger partial charge in [-0.15, -0.1) is 0 Å². The molecule has 0 aliphatic carbocycles. The molecule has 1 atom stereocenters. The third-order valence-corrected chi connectivity index (χ3v) is 3.42. The van der Waals surface area contributed by atoms with E-state index >= 15 is 0 Å². The number of rotatable bonds is 6. The van der Waals surface area contributed by atoms with Gasteiger partial charge in [0.15, 0.2) is 5.41 Å². The summed E-state index contributed by atoms with van der Waals surface area (Å²) in [6.07, 6.45) is 0.766. The highest BCUT2D eigenvalue weighted by atomic mass is 16.6. The van der Waals surface area contributed by atoms with Gasteiger partial charge in [0.1, 0.15) is 5.60 Å². The monoisotopic (exact) mass is 313 g/mol. The molecule has 22 heavy (non-hydrogen) atoms. The number of hydrogen-bond acceptors (Lipinski definition) is 6. The normalized spacial score (nSPS) is 23.8. The maximum Gasteiger partial charge on any atom is 0.332 e. The summed E-state index contributed by atoms with van der Waals surface area (Å²) >= 11 is 0. The SMILES string of the molecule is CCOC(=O)[C@@]1(CC/C(C)=N/NC(N)=O)CC(C)(C)OC1=O. The number of hydrazone groups is 1. The van der Waals surface area contributed by atoms with E-state index in [0.29, 0.717) is 12.1 Å². The second-order valence-corrected chi connectivity index (χ2v) is 5.95. The molecule has 0 radical (unpaired) electrons. The molecule has 124 valence electrons. The van der Waals surface area contributed by atoms with Crippen LogP contribution >= 0.6 is 0 Å². The molecule has 1 aliphatic rings. The van der Waals surface area contributed by atoms with Crippen LogP contribution in [0.15, 0.2) is 5.10 Å². The van der Waals surface area contributed by atoms with Gasteiger partial charge in [-0.05, 0) is 40.5 Å². The lowest BCUT2D eigenvalue weighted by atomic mass is 9.77. The number of hydrogen-bond donors (Lipinski definition) is 2. The molecule has 3 N–H and O–H groups in total. The third kappa shape index (κ3) is 4.19. The Morgan fingerprint density at radius 3 is 2.55 bits per heavy atom. The van der Waals surface area contributed by atoms with E-state index in [0.717, 1.165) is 0 Å². The molecule has 0 aromatic heterocycles. The van der Waals surface area contributed by atoms with Gasteiger partial charge in [0.05, 0.1) is 6.61 Å². The predicted molar refractivity (Wildman–Crippen MR) is 78.9 cm³/mol. The van der Waals surface area contributed by atoms with Gasteiger partial charge < -0.3 is 15.2 Å². The Bertz CT molecular complexity index is 501. The van der Waals surface area contributed by atoms with E-state index in [1.807, 2.05) is 0 Å². The quantitative estimate of drug-likeness (QED) is 0.329. The highest BCUT2D eigenvalue weighted by molar-refractivity contribution is 6.02. The second kappa shape index (κ2) is 6.76. The Kier molecular flexibility index (Phi) is 5.51. The number of carbonyl (C=O) groups is 3. The van der Waals surface area contributed by atoms with Crippen LogP contribution in [0.4, 0.5) is 4.79 Å². The summed E-state index contributed by atoms with van der Waals surface area (Å²) in [5.74, 6) is -1.16. The zero-order chi connectivity index (χ0) is 17.0. The van der Waals surface area contributed by atoms with Crippen LogP contribution in [0.2, 0.25) is 0 Å². The van der Waals surface area contributed by atoms with Crippen molar-refractivity contribution in [1.82, 2.24) is 5.43 Å². The number of urea groups is 1. The summed E-state index contributed by atoms with van der Waals surface area (Å²) in [5.41, 5.74) is 5.52. The van der Waals surface area contributed by atoms with Crippen LogP contribution in [0.5, 0.6) is 0 Å². The van der Waals surface area contributed by atoms with Gasteiger partial charge in [0.2, 0.25) is 0 Å². The molecule has 1 fully saturated rings. The number of nitrogens with zero attached hydrogens (tertiary/aromatic N) is 1. The number of ether oxygens (including phenoxy) is 2. The van der Waals surface area contributed by atoms with Crippen molar-refractivity contribution in [1.29, 1.82) is 0 Å². The summed E-state index contributed by atoms with van der Waals surface area (Å²) in [4.78, 5) is 35.2. The summed E-state index contributed by atoms with van der Waals surface area (Å²) in [6.45, 7) is 7.04. The van der Waals surface area contributed by atoms with E-state index in [-0.39, 0.29) is 19.4 Å². The van der Waals surface area contributed by atoms with E-state index in [1.54, 1.807) is 27.7 Å². The van der Waals surface area contributed by atoms with Gasteiger partial charge in [-0.3, -0.25) is 9.59 Å². The van der Waals surface area contributed by atoms with Crippen LogP contribution in [-0.4, -0.2) is 35.9 Å². The fourth-order valence-corrected chi connectivity index (χ4v) is 2.50. The highest BCUT2D eigenvalue weighted by Crippen LogP contribution is 2.44. The molecule has 0 aromatic carbocycles. The summed E-state index contributed by atoms with van der Waals surface area (Å²) in [5, 5.41) is 3.77. The van der Waals surface area contributed by atoms with Crippen LogP contribution < -0.4 is 11.2 Å². The minimum atomic E-state index is -1.33. The van der Waals surface area contributed by atoms with Crippen molar-refractivity contribution in [3.8, 4) is 0 Å². The Hall–Kier alpha value is -2.12. The van der Waals surface area contributed by atoms with E-state index < -0.39 is 29.0 Å². The molecule has 0 bridgehead atoms. The largest absolute Gasteiger partial charge is 0.465 e. The molecule has 2 amide bonds. The fourth-order valence-electron chi connectivity index (χ4n) is 2.50. The Morgan fingerprint density at radius 2 is 2.09 bits per heavy atom. The number of carbonyl (C=O) groups excluding carboxylic acids is 3. The van der Waals surface area contributed by atoms with Crippen molar-refractivity contribution in [2.24, 2.45) is 16.3 Å². The zero-order valence-corrected chi connectivity index (χ0v) is 13.4. The second-order valence-electron chi connectivity index (χ2n) is 5.95. The summed E-state index contributed by atoms with van der Waals surface area (Å²) in [6, 6.07) is -0.777. The molecule has 8 nitrogen and oxygen atoms in total. The molecule has 1 aliphatic heterocycles. The maximum absolute atomic E-state index is 12.3. The molecule has 0 aromatic rings. The van der Waals surface area contributed by atoms with E-state index in [9.17, 15) is 14.4 Å². The van der Waals surface area contributed by atoms with Crippen molar-refractivity contribution in [3.05, 3.63) is 0 Å². The minimum absolute atomic E-state index is 0.185. The molecule has 0 saturated carbocycles. The first-order valence-corrected chi connectivity index (χ1v) is 7.12. The van der Waals surface area contributed by atoms with Crippen LogP contribution in [0.3, 0.4) is 0 Å². The lowest BCUT2D eigenvalue weighted by molar-refractivity contribution is -0.166. The van der Waals surface area contributed by atoms with Gasteiger partial charge >= 0.3 is 18.0 Å². The van der Waals surface area contributed by atoms with Gasteiger partial charge in [-0.1, -0.05) is 0 Å². The number of nitrogens with two attached hydrogens (primary N) is 1. The van der Waals surface area contributed by atoms with Crippen molar-refractivity contribution >= 4 is 23.7 Å². The first-order valence-electron chi connectivity index (χ1n) is 7.12. The van der Waals surface area contributed by atoms with Gasteiger partial charge in [0.25, 0.3) is 0 Å². The number of amides is 2. The van der Waals surface area contributed by atoms with Crippen LogP contribution in [0, 0.1) is 5.41 Å². The van der Waals surface area contributed by atoms with Crippen LogP contribution in [-0.2, 0) is 19.1 Å². The average molecular weight is 313 g/mol. The molecule has 8 heteroatoms. The molecular weight excluding hydrogens is 290 g/mol. The minimum Gasteiger partial charge on any atom is -0.465 e. The first-order chi connectivity index (χ1) is 10.1. The molecule has 1 heterocycles. The maximum atomic E-state index is 12.3. The Balaban J connectivity index is 2.89. The number of cyclic esters (lactones) is 1. The van der Waals surface area contributed by atoms with Crippen molar-refractivity contribution < 1.29 is 23.9 Å². The standard InChI is InChI=1S/C14H23N3O5/c1-5-21-10(18)14(8-13(3,4)22-11(14)19)7-6-9(2)16-17-12(15)20/h5-8H2,1-4H3,(H3,15,17,20)/b16-9+/t14-/m1/s1. The lowest BCUT2D eigenvalue weighted by Gasteiger charge is -2.23. The molecule has 0 spiro atoms. The Morgan fingerprint density at radius 1 is 1.45 bits per heavy atom. The summed E-state index contributed by atoms with van der Waals surface area (Å²) < 4.78 is 10.3. The van der Waals surface area contributed by atoms with E-state index in [2.05, 4.69) is 10.5 Å². The molecular formula is C14H23N3O5. The third-order valence-electron chi connectivity index (χ3n) is 3.42. The van der Waals surface area contributed by atoms with Gasteiger partial charge in [-0.25, -0.2) is 10.2 Å². The molecule has 0 unspecified atom stereocenters. The fraction of sp³-hybridized carbons (Fsp3) is 0.714. The van der Waals surface area contributed by atoms with Gasteiger partial charge in [0, 0.05) is 12.1 Å². The van der Waals surface area contributed by atoms with E-state index in [4.69, 9.17) is 15.2 Å². The summed E-state index contributed by atoms with van der Waals surface area (Å²) in [7, 11) is 0. The van der Waals surface area contributed by atoms with Crippen molar-refractivity contribution in [2.45, 2.75) is 52.6 Å². The molecule has 1 saturated heterocycles. The number of nitrogens with one attached hydrogen (secondary N) is 1. The van der Waals surface area contributed by atoms with Crippen LogP contribution in [0.1, 0.15) is 47.0 Å². The van der Waals surface area contributed by atoms with Crippen molar-refractivity contribution in [2.75, 3.05) is 6.61 Å². The number of esters is 2. The van der Waals surface area contributed by atoms with Crippen molar-refractivity contribution in [3.63, 3.8) is 0 Å². The topological polar surface area (TPSA) is 120 Å². The predicted octanol–water partition coefficient (Wildman–Crippen LogP) is 1.09. The van der Waals surface area contributed by atoms with E-state index in [1.165, 1.54) is 0 Å². The zero-order valence-electron chi connectivity index (χ0n) is 13.4. The first kappa shape index (κ1) is 17.9. The lowest BCUT2D eigenvalue weighted by Crippen LogP contribution is -2.38. The van der Waals surface area contributed by atoms with Gasteiger partial charge in [-0.2, -0.15) is 5.10 Å². The van der Waals surface area contributed by atoms with Crippen LogP contribution in [0.25, 0.3) is 0 Å². The highest BCUT2D eigenvalue weighted by Gasteiger charge is 2.58. The Labute approximate surface area is 129 Å². The smallest absolute Gasteiger partial charge is 0.332 e. The molecule has 1 rings (SSSR count). The average Bonchev–Trinajstić information content (AvgIpc) is 2.64. The number of primary amides is 1.